The van der Waals surface area contributed by atoms with Crippen LogP contribution in [-0.2, 0) is 4.74 Å². The first kappa shape index (κ1) is 14.0. The van der Waals surface area contributed by atoms with E-state index in [4.69, 9.17) is 4.74 Å². The second-order valence-corrected chi connectivity index (χ2v) is 3.25. The quantitative estimate of drug-likeness (QED) is 0.889. The predicted octanol–water partition coefficient (Wildman–Crippen LogP) is 2.63. The first-order chi connectivity index (χ1) is 8.69. The van der Waals surface area contributed by atoms with E-state index in [1.54, 1.807) is 17.6 Å². The number of carbonyl (C=O) groups excluding carboxylic acids is 1. The average molecular weight is 250 g/mol. The normalized spacial score (nSPS) is 9.56. The van der Waals surface area contributed by atoms with Gasteiger partial charge in [-0.2, -0.15) is 5.10 Å². The molecule has 1 N–H and O–H groups in total. The molecule has 0 unspecified atom stereocenters. The Morgan fingerprint density at radius 1 is 1.44 bits per heavy atom. The Labute approximate surface area is 106 Å². The smallest absolute Gasteiger partial charge is 0.412 e. The molecule has 18 heavy (non-hydrogen) atoms. The minimum atomic E-state index is -0.511. The van der Waals surface area contributed by atoms with Gasteiger partial charge in [0.1, 0.15) is 0 Å². The molecule has 1 amide bonds. The van der Waals surface area contributed by atoms with E-state index in [2.05, 4.69) is 15.4 Å². The van der Waals surface area contributed by atoms with Gasteiger partial charge in [0.2, 0.25) is 0 Å². The van der Waals surface area contributed by atoms with Crippen molar-refractivity contribution in [1.29, 1.82) is 0 Å². The van der Waals surface area contributed by atoms with Crippen LogP contribution in [0.5, 0.6) is 0 Å². The molecular formula is C12H18N4O2. The zero-order chi connectivity index (χ0) is 13.5. The number of aryl methyl sites for hydroxylation is 1. The van der Waals surface area contributed by atoms with Gasteiger partial charge in [-0.25, -0.2) is 14.3 Å². The lowest BCUT2D eigenvalue weighted by Crippen LogP contribution is -2.13. The predicted molar refractivity (Wildman–Crippen MR) is 69.7 cm³/mol. The fourth-order valence-corrected chi connectivity index (χ4v) is 1.31. The van der Waals surface area contributed by atoms with Gasteiger partial charge in [0.25, 0.3) is 0 Å². The molecule has 0 saturated carbocycles. The molecule has 2 rings (SSSR count). The van der Waals surface area contributed by atoms with Crippen LogP contribution in [0.15, 0.2) is 18.3 Å². The third-order valence-corrected chi connectivity index (χ3v) is 1.96. The lowest BCUT2D eigenvalue weighted by atomic mass is 10.4. The van der Waals surface area contributed by atoms with Crippen LogP contribution in [0, 0.1) is 6.92 Å². The number of nitrogens with one attached hydrogen (secondary N) is 1. The van der Waals surface area contributed by atoms with Crippen LogP contribution in [-0.4, -0.2) is 27.3 Å². The van der Waals surface area contributed by atoms with E-state index in [-0.39, 0.29) is 0 Å². The molecule has 0 aliphatic carbocycles. The van der Waals surface area contributed by atoms with Gasteiger partial charge in [-0.05, 0) is 26.0 Å². The van der Waals surface area contributed by atoms with E-state index in [1.807, 2.05) is 32.9 Å². The molecule has 2 aromatic heterocycles. The van der Waals surface area contributed by atoms with Crippen LogP contribution in [0.2, 0.25) is 0 Å². The van der Waals surface area contributed by atoms with Gasteiger partial charge in [0.15, 0.2) is 11.5 Å². The standard InChI is InChI=1S/C10H12N4O2.C2H6/c1-3-16-10(15)12-8-6-14-9(11-8)5-4-7(2)13-14;1-2/h4-6H,3H2,1-2H3,(H,12,15);1-2H3. The van der Waals surface area contributed by atoms with Crippen LogP contribution in [0.1, 0.15) is 26.5 Å². The monoisotopic (exact) mass is 250 g/mol. The molecule has 98 valence electrons. The summed E-state index contributed by atoms with van der Waals surface area (Å²) in [5.74, 6) is 0.427. The van der Waals surface area contributed by atoms with Gasteiger partial charge in [0, 0.05) is 0 Å². The summed E-state index contributed by atoms with van der Waals surface area (Å²) in [5, 5.41) is 6.73. The number of carbonyl (C=O) groups is 1. The molecule has 6 heteroatoms. The Morgan fingerprint density at radius 3 is 2.83 bits per heavy atom. The van der Waals surface area contributed by atoms with Crippen molar-refractivity contribution < 1.29 is 9.53 Å². The highest BCUT2D eigenvalue weighted by molar-refractivity contribution is 5.83. The summed E-state index contributed by atoms with van der Waals surface area (Å²) in [6, 6.07) is 3.69. The Kier molecular flexibility index (Phi) is 5.10. The lowest BCUT2D eigenvalue weighted by Gasteiger charge is -1.99. The van der Waals surface area contributed by atoms with Gasteiger partial charge in [-0.15, -0.1) is 0 Å². The summed E-state index contributed by atoms with van der Waals surface area (Å²) in [6.07, 6.45) is 1.13. The second-order valence-electron chi connectivity index (χ2n) is 3.25. The Balaban J connectivity index is 0.000000771. The third kappa shape index (κ3) is 3.44. The van der Waals surface area contributed by atoms with Crippen LogP contribution in [0.3, 0.4) is 0 Å². The molecule has 0 radical (unpaired) electrons. The number of rotatable bonds is 2. The second kappa shape index (κ2) is 6.58. The number of anilines is 1. The Hall–Kier alpha value is -2.11. The summed E-state index contributed by atoms with van der Waals surface area (Å²) < 4.78 is 6.35. The molecule has 6 nitrogen and oxygen atoms in total. The average Bonchev–Trinajstić information content (AvgIpc) is 2.73. The number of aromatic nitrogens is 3. The van der Waals surface area contributed by atoms with E-state index in [9.17, 15) is 4.79 Å². The van der Waals surface area contributed by atoms with Crippen LogP contribution < -0.4 is 5.32 Å². The highest BCUT2D eigenvalue weighted by Gasteiger charge is 2.06. The van der Waals surface area contributed by atoms with Crippen molar-refractivity contribution in [1.82, 2.24) is 14.6 Å². The molecule has 0 aliphatic rings. The summed E-state index contributed by atoms with van der Waals surface area (Å²) >= 11 is 0. The van der Waals surface area contributed by atoms with E-state index in [0.29, 0.717) is 18.1 Å². The maximum absolute atomic E-state index is 11.2. The van der Waals surface area contributed by atoms with Crippen molar-refractivity contribution in [3.8, 4) is 0 Å². The first-order valence-corrected chi connectivity index (χ1v) is 5.96. The van der Waals surface area contributed by atoms with E-state index < -0.39 is 6.09 Å². The highest BCUT2D eigenvalue weighted by atomic mass is 16.5. The topological polar surface area (TPSA) is 68.5 Å². The van der Waals surface area contributed by atoms with E-state index in [1.165, 1.54) is 0 Å². The van der Waals surface area contributed by atoms with Crippen molar-refractivity contribution >= 4 is 17.6 Å². The highest BCUT2D eigenvalue weighted by Crippen LogP contribution is 2.08. The molecule has 2 heterocycles. The summed E-state index contributed by atoms with van der Waals surface area (Å²) in [6.45, 7) is 7.96. The molecular weight excluding hydrogens is 232 g/mol. The number of nitrogens with zero attached hydrogens (tertiary/aromatic N) is 3. The van der Waals surface area contributed by atoms with Crippen LogP contribution >= 0.6 is 0 Å². The zero-order valence-electron chi connectivity index (χ0n) is 11.1. The molecule has 0 atom stereocenters. The first-order valence-electron chi connectivity index (χ1n) is 5.96. The van der Waals surface area contributed by atoms with Gasteiger partial charge >= 0.3 is 6.09 Å². The van der Waals surface area contributed by atoms with Gasteiger partial charge in [-0.3, -0.25) is 5.32 Å². The van der Waals surface area contributed by atoms with Crippen molar-refractivity contribution in [2.75, 3.05) is 11.9 Å². The maximum Gasteiger partial charge on any atom is 0.412 e. The number of ether oxygens (including phenoxy) is 1. The van der Waals surface area contributed by atoms with Crippen molar-refractivity contribution in [2.45, 2.75) is 27.7 Å². The molecule has 0 spiro atoms. The zero-order valence-corrected chi connectivity index (χ0v) is 11.1. The summed E-state index contributed by atoms with van der Waals surface area (Å²) in [7, 11) is 0. The van der Waals surface area contributed by atoms with Crippen molar-refractivity contribution in [3.05, 3.63) is 24.0 Å². The van der Waals surface area contributed by atoms with Gasteiger partial charge in [-0.1, -0.05) is 13.8 Å². The number of imidazole rings is 1. The van der Waals surface area contributed by atoms with E-state index in [0.717, 1.165) is 5.69 Å². The van der Waals surface area contributed by atoms with Crippen LogP contribution in [0.25, 0.3) is 5.65 Å². The van der Waals surface area contributed by atoms with Gasteiger partial charge in [0.05, 0.1) is 18.5 Å². The van der Waals surface area contributed by atoms with Crippen molar-refractivity contribution in [2.24, 2.45) is 0 Å². The Bertz CT molecular complexity index is 522. The molecule has 0 saturated heterocycles. The van der Waals surface area contributed by atoms with Gasteiger partial charge < -0.3 is 4.74 Å². The van der Waals surface area contributed by atoms with Crippen molar-refractivity contribution in [3.63, 3.8) is 0 Å². The molecule has 0 bridgehead atoms. The minimum absolute atomic E-state index is 0.330. The number of hydrogen-bond donors (Lipinski definition) is 1. The molecule has 2 aromatic rings. The third-order valence-electron chi connectivity index (χ3n) is 1.96. The molecule has 0 fully saturated rings. The summed E-state index contributed by atoms with van der Waals surface area (Å²) in [5.41, 5.74) is 1.56. The number of amides is 1. The minimum Gasteiger partial charge on any atom is -0.450 e. The fourth-order valence-electron chi connectivity index (χ4n) is 1.31. The van der Waals surface area contributed by atoms with Crippen LogP contribution in [0.4, 0.5) is 10.6 Å². The number of hydrogen-bond acceptors (Lipinski definition) is 4. The number of fused-ring (bicyclic) bond motifs is 1. The van der Waals surface area contributed by atoms with E-state index >= 15 is 0 Å². The SMILES string of the molecule is CC.CCOC(=O)Nc1cn2nc(C)ccc2n1. The summed E-state index contributed by atoms with van der Waals surface area (Å²) in [4.78, 5) is 15.3. The fraction of sp³-hybridized carbons (Fsp3) is 0.417. The maximum atomic E-state index is 11.2. The lowest BCUT2D eigenvalue weighted by molar-refractivity contribution is 0.168. The Morgan fingerprint density at radius 2 is 2.17 bits per heavy atom. The molecule has 0 aromatic carbocycles. The molecule has 0 aliphatic heterocycles. The largest absolute Gasteiger partial charge is 0.450 e.